The third-order valence-electron chi connectivity index (χ3n) is 6.55. The van der Waals surface area contributed by atoms with Gasteiger partial charge in [-0.05, 0) is 77.1 Å². The van der Waals surface area contributed by atoms with Gasteiger partial charge >= 0.3 is 0 Å². The van der Waals surface area contributed by atoms with Crippen molar-refractivity contribution in [3.05, 3.63) is 59.7 Å². The Labute approximate surface area is 170 Å². The summed E-state index contributed by atoms with van der Waals surface area (Å²) in [7, 11) is 4.27. The maximum absolute atomic E-state index is 10.8. The lowest BCUT2D eigenvalue weighted by molar-refractivity contribution is 0.107. The number of aliphatic hydroxyl groups is 2. The molecule has 0 unspecified atom stereocenters. The van der Waals surface area contributed by atoms with Crippen LogP contribution >= 0.6 is 0 Å². The van der Waals surface area contributed by atoms with Crippen LogP contribution in [-0.2, 0) is 5.60 Å². The Bertz CT molecular complexity index is 677. The maximum Gasteiger partial charge on any atom is 0.105 e. The summed E-state index contributed by atoms with van der Waals surface area (Å²) >= 11 is 0. The third-order valence-corrected chi connectivity index (χ3v) is 6.55. The van der Waals surface area contributed by atoms with Crippen molar-refractivity contribution in [2.75, 3.05) is 20.6 Å². The number of rotatable bonds is 9. The molecule has 0 aliphatic heterocycles. The van der Waals surface area contributed by atoms with Crippen LogP contribution in [0, 0.1) is 17.8 Å². The van der Waals surface area contributed by atoms with Gasteiger partial charge in [0, 0.05) is 5.92 Å². The number of benzene rings is 1. The maximum atomic E-state index is 10.8. The molecule has 2 aliphatic carbocycles. The van der Waals surface area contributed by atoms with Crippen molar-refractivity contribution in [1.82, 2.24) is 4.90 Å². The second-order valence-corrected chi connectivity index (χ2v) is 9.22. The van der Waals surface area contributed by atoms with Crippen LogP contribution in [0.4, 0.5) is 0 Å². The molecule has 0 spiro atoms. The summed E-state index contributed by atoms with van der Waals surface area (Å²) < 4.78 is 0. The fraction of sp³-hybridized carbons (Fsp3) is 0.600. The van der Waals surface area contributed by atoms with Crippen molar-refractivity contribution in [3.63, 3.8) is 0 Å². The van der Waals surface area contributed by atoms with Crippen LogP contribution in [0.2, 0.25) is 0 Å². The van der Waals surface area contributed by atoms with Gasteiger partial charge < -0.3 is 15.1 Å². The lowest BCUT2D eigenvalue weighted by Crippen LogP contribution is -2.21. The number of unbranched alkanes of at least 4 members (excludes halogenated alkanes) is 2. The van der Waals surface area contributed by atoms with Gasteiger partial charge in [0.1, 0.15) is 5.60 Å². The Morgan fingerprint density at radius 2 is 1.89 bits per heavy atom. The number of fused-ring (bicyclic) bond motifs is 1. The largest absolute Gasteiger partial charge is 0.392 e. The van der Waals surface area contributed by atoms with E-state index in [2.05, 4.69) is 31.1 Å². The predicted molar refractivity (Wildman–Crippen MR) is 116 cm³/mol. The van der Waals surface area contributed by atoms with Gasteiger partial charge in [0.2, 0.25) is 0 Å². The minimum Gasteiger partial charge on any atom is -0.392 e. The molecule has 1 aromatic rings. The molecule has 1 aromatic carbocycles. The predicted octanol–water partition coefficient (Wildman–Crippen LogP) is 4.52. The summed E-state index contributed by atoms with van der Waals surface area (Å²) in [6.45, 7) is 2.99. The van der Waals surface area contributed by atoms with E-state index in [-0.39, 0.29) is 12.0 Å². The number of aliphatic hydroxyl groups excluding tert-OH is 1. The zero-order valence-electron chi connectivity index (χ0n) is 17.7. The molecule has 5 atom stereocenters. The van der Waals surface area contributed by atoms with Crippen molar-refractivity contribution < 1.29 is 10.2 Å². The molecule has 3 rings (SSSR count). The zero-order valence-corrected chi connectivity index (χ0v) is 17.7. The van der Waals surface area contributed by atoms with Crippen LogP contribution < -0.4 is 0 Å². The second-order valence-electron chi connectivity index (χ2n) is 9.22. The highest BCUT2D eigenvalue weighted by Crippen LogP contribution is 2.48. The Morgan fingerprint density at radius 1 is 1.14 bits per heavy atom. The molecule has 0 radical (unpaired) electrons. The first-order chi connectivity index (χ1) is 13.4. The standard InChI is InChI=1S/C25H37NO2/c1-25(28,21-11-7-4-8-12-21)14-13-22-23-17-19(16-20(23)18-24(22)27)10-6-5-9-15-26(2)3/h4,7-8,11-14,16,20,22-24,27-28H,5-6,9-10,15,17-18H2,1-3H3/t20-,22+,23-,24+,25+/m0/s1. The first-order valence-electron chi connectivity index (χ1n) is 10.9. The molecular weight excluding hydrogens is 346 g/mol. The van der Waals surface area contributed by atoms with Gasteiger partial charge in [0.05, 0.1) is 6.10 Å². The van der Waals surface area contributed by atoms with Crippen LogP contribution in [0.25, 0.3) is 0 Å². The van der Waals surface area contributed by atoms with Crippen LogP contribution in [-0.4, -0.2) is 41.9 Å². The molecule has 0 amide bonds. The van der Waals surface area contributed by atoms with Gasteiger partial charge in [-0.25, -0.2) is 0 Å². The minimum atomic E-state index is -1.000. The van der Waals surface area contributed by atoms with E-state index in [0.29, 0.717) is 11.8 Å². The highest BCUT2D eigenvalue weighted by Gasteiger charge is 2.43. The highest BCUT2D eigenvalue weighted by atomic mass is 16.3. The van der Waals surface area contributed by atoms with Crippen LogP contribution in [0.3, 0.4) is 0 Å². The summed E-state index contributed by atoms with van der Waals surface area (Å²) in [6, 6.07) is 9.75. The molecule has 0 heterocycles. The molecule has 3 heteroatoms. The van der Waals surface area contributed by atoms with Crippen LogP contribution in [0.1, 0.15) is 51.0 Å². The Balaban J connectivity index is 1.54. The molecule has 154 valence electrons. The molecule has 3 nitrogen and oxygen atoms in total. The van der Waals surface area contributed by atoms with E-state index in [1.54, 1.807) is 5.57 Å². The highest BCUT2D eigenvalue weighted by molar-refractivity contribution is 5.27. The van der Waals surface area contributed by atoms with Crippen molar-refractivity contribution in [1.29, 1.82) is 0 Å². The monoisotopic (exact) mass is 383 g/mol. The lowest BCUT2D eigenvalue weighted by Gasteiger charge is -2.23. The van der Waals surface area contributed by atoms with E-state index >= 15 is 0 Å². The molecule has 1 fully saturated rings. The third kappa shape index (κ3) is 5.34. The Kier molecular flexibility index (Phi) is 7.14. The van der Waals surface area contributed by atoms with Gasteiger partial charge in [-0.15, -0.1) is 0 Å². The summed E-state index contributed by atoms with van der Waals surface area (Å²) in [5.41, 5.74) is 1.47. The topological polar surface area (TPSA) is 43.7 Å². The lowest BCUT2D eigenvalue weighted by atomic mass is 9.86. The molecule has 28 heavy (non-hydrogen) atoms. The average molecular weight is 384 g/mol. The van der Waals surface area contributed by atoms with Gasteiger partial charge in [0.15, 0.2) is 0 Å². The van der Waals surface area contributed by atoms with E-state index in [4.69, 9.17) is 0 Å². The van der Waals surface area contributed by atoms with Gasteiger partial charge in [-0.2, -0.15) is 0 Å². The van der Waals surface area contributed by atoms with Gasteiger partial charge in [-0.1, -0.05) is 60.6 Å². The Morgan fingerprint density at radius 3 is 2.61 bits per heavy atom. The van der Waals surface area contributed by atoms with Gasteiger partial charge in [0.25, 0.3) is 0 Å². The van der Waals surface area contributed by atoms with Crippen molar-refractivity contribution in [2.45, 2.75) is 57.2 Å². The fourth-order valence-electron chi connectivity index (χ4n) is 4.92. The van der Waals surface area contributed by atoms with Crippen molar-refractivity contribution in [3.8, 4) is 0 Å². The normalized spacial score (nSPS) is 29.3. The molecular formula is C25H37NO2. The molecule has 1 saturated carbocycles. The fourth-order valence-corrected chi connectivity index (χ4v) is 4.92. The second kappa shape index (κ2) is 9.39. The molecule has 0 saturated heterocycles. The number of hydrogen-bond acceptors (Lipinski definition) is 3. The molecule has 0 aromatic heterocycles. The first-order valence-corrected chi connectivity index (χ1v) is 10.9. The molecule has 0 bridgehead atoms. The quantitative estimate of drug-likeness (QED) is 0.487. The number of hydrogen-bond donors (Lipinski definition) is 2. The smallest absolute Gasteiger partial charge is 0.105 e. The number of allylic oxidation sites excluding steroid dienone is 2. The number of nitrogens with zero attached hydrogens (tertiary/aromatic N) is 1. The Hall–Kier alpha value is -1.42. The summed E-state index contributed by atoms with van der Waals surface area (Å²) in [4.78, 5) is 2.25. The van der Waals surface area contributed by atoms with Crippen molar-refractivity contribution >= 4 is 0 Å². The average Bonchev–Trinajstić information content (AvgIpc) is 3.16. The summed E-state index contributed by atoms with van der Waals surface area (Å²) in [6.07, 6.45) is 13.1. The molecule has 2 N–H and O–H groups in total. The van der Waals surface area contributed by atoms with Gasteiger partial charge in [-0.3, -0.25) is 0 Å². The van der Waals surface area contributed by atoms with Crippen LogP contribution in [0.15, 0.2) is 54.1 Å². The van der Waals surface area contributed by atoms with E-state index in [1.807, 2.05) is 43.3 Å². The van der Waals surface area contributed by atoms with Crippen molar-refractivity contribution in [2.24, 2.45) is 17.8 Å². The van der Waals surface area contributed by atoms with E-state index in [1.165, 1.54) is 32.2 Å². The zero-order chi connectivity index (χ0) is 20.1. The van der Waals surface area contributed by atoms with Crippen LogP contribution in [0.5, 0.6) is 0 Å². The first kappa shape index (κ1) is 21.3. The van der Waals surface area contributed by atoms with E-state index in [0.717, 1.165) is 18.4 Å². The van der Waals surface area contributed by atoms with E-state index < -0.39 is 5.60 Å². The minimum absolute atomic E-state index is 0.141. The summed E-state index contributed by atoms with van der Waals surface area (Å²) in [5, 5.41) is 21.4. The summed E-state index contributed by atoms with van der Waals surface area (Å²) in [5.74, 6) is 1.14. The molecule has 2 aliphatic rings. The van der Waals surface area contributed by atoms with E-state index in [9.17, 15) is 10.2 Å². The SMILES string of the molecule is CN(C)CCCCCC1=C[C@H]2C[C@@H](O)[C@H](C=C[C@@](C)(O)c3ccccc3)[C@H]2C1.